The van der Waals surface area contributed by atoms with E-state index in [0.29, 0.717) is 6.61 Å². The molecule has 2 rings (SSSR count). The van der Waals surface area contributed by atoms with Gasteiger partial charge in [0.25, 0.3) is 0 Å². The minimum atomic E-state index is 0.0927. The Bertz CT molecular complexity index is 503. The molecule has 1 atom stereocenters. The number of allylic oxidation sites excluding steroid dienone is 2. The van der Waals surface area contributed by atoms with Crippen molar-refractivity contribution in [2.24, 2.45) is 0 Å². The Balaban J connectivity index is 2.28. The largest absolute Gasteiger partial charge is 0.283 e. The highest BCUT2D eigenvalue weighted by molar-refractivity contribution is 5.59. The fraction of sp³-hybridized carbons (Fsp3) is 0.294. The summed E-state index contributed by atoms with van der Waals surface area (Å²) in [4.78, 5) is 5.74. The van der Waals surface area contributed by atoms with Gasteiger partial charge in [-0.1, -0.05) is 54.6 Å². The van der Waals surface area contributed by atoms with Crippen LogP contribution in [0.25, 0.3) is 6.08 Å². The predicted molar refractivity (Wildman–Crippen MR) is 83.6 cm³/mol. The van der Waals surface area contributed by atoms with E-state index in [0.717, 1.165) is 0 Å². The van der Waals surface area contributed by atoms with Crippen LogP contribution in [0.4, 0.5) is 0 Å². The number of hydroxylamine groups is 1. The van der Waals surface area contributed by atoms with Gasteiger partial charge in [-0.25, -0.2) is 5.01 Å². The molecule has 0 aliphatic heterocycles. The molecule has 1 aromatic carbocycles. The van der Waals surface area contributed by atoms with Crippen molar-refractivity contribution in [3.63, 3.8) is 0 Å². The lowest BCUT2D eigenvalue weighted by Gasteiger charge is -2.34. The van der Waals surface area contributed by atoms with Crippen LogP contribution >= 0.6 is 0 Å². The molecule has 0 N–H and O–H groups in total. The molecule has 3 nitrogen and oxygen atoms in total. The zero-order valence-electron chi connectivity index (χ0n) is 12.4. The topological polar surface area (TPSA) is 15.7 Å². The smallest absolute Gasteiger partial charge is 0.0948 e. The lowest BCUT2D eigenvalue weighted by Crippen LogP contribution is -2.44. The first-order chi connectivity index (χ1) is 9.72. The van der Waals surface area contributed by atoms with Crippen molar-refractivity contribution in [2.75, 3.05) is 20.7 Å². The summed E-state index contributed by atoms with van der Waals surface area (Å²) >= 11 is 0. The van der Waals surface area contributed by atoms with Crippen molar-refractivity contribution >= 4 is 6.08 Å². The van der Waals surface area contributed by atoms with Gasteiger partial charge in [-0.3, -0.25) is 4.84 Å². The second-order valence-electron chi connectivity index (χ2n) is 4.81. The summed E-state index contributed by atoms with van der Waals surface area (Å²) in [6.07, 6.45) is 10.6. The van der Waals surface area contributed by atoms with Crippen molar-refractivity contribution in [1.82, 2.24) is 10.2 Å². The van der Waals surface area contributed by atoms with Gasteiger partial charge in [0.15, 0.2) is 0 Å². The maximum Gasteiger partial charge on any atom is 0.0948 e. The maximum atomic E-state index is 5.74. The Morgan fingerprint density at radius 3 is 2.55 bits per heavy atom. The minimum absolute atomic E-state index is 0.0927. The van der Waals surface area contributed by atoms with E-state index in [4.69, 9.17) is 4.84 Å². The lowest BCUT2D eigenvalue weighted by atomic mass is 9.99. The van der Waals surface area contributed by atoms with Crippen molar-refractivity contribution in [3.05, 3.63) is 65.8 Å². The number of hydrogen-bond donors (Lipinski definition) is 0. The standard InChI is InChI=1S/C17H22N2O/c1-4-20-19(18(2)3)17-13-9-8-12-16(17)14-15-10-6-5-7-11-15/h5-14,17H,4H2,1-3H3. The molecule has 0 aromatic heterocycles. The van der Waals surface area contributed by atoms with Crippen LogP contribution in [-0.2, 0) is 4.84 Å². The van der Waals surface area contributed by atoms with Gasteiger partial charge in [0.1, 0.15) is 0 Å². The van der Waals surface area contributed by atoms with E-state index in [1.54, 1.807) is 0 Å². The first-order valence-corrected chi connectivity index (χ1v) is 6.93. The van der Waals surface area contributed by atoms with Crippen LogP contribution in [0.15, 0.2) is 60.2 Å². The van der Waals surface area contributed by atoms with E-state index < -0.39 is 0 Å². The van der Waals surface area contributed by atoms with Crippen molar-refractivity contribution < 1.29 is 4.84 Å². The molecular formula is C17H22N2O. The van der Waals surface area contributed by atoms with Crippen LogP contribution in [-0.4, -0.2) is 36.9 Å². The Morgan fingerprint density at radius 1 is 1.15 bits per heavy atom. The number of benzene rings is 1. The SMILES string of the molecule is CCON(C1C=CC=CC1=Cc1ccccc1)N(C)C. The highest BCUT2D eigenvalue weighted by atomic mass is 16.7. The van der Waals surface area contributed by atoms with Gasteiger partial charge in [-0.15, -0.1) is 5.17 Å². The van der Waals surface area contributed by atoms with Gasteiger partial charge in [-0.05, 0) is 24.1 Å². The summed E-state index contributed by atoms with van der Waals surface area (Å²) in [7, 11) is 3.98. The van der Waals surface area contributed by atoms with Crippen molar-refractivity contribution in [3.8, 4) is 0 Å². The van der Waals surface area contributed by atoms with E-state index >= 15 is 0 Å². The number of hydrogen-bond acceptors (Lipinski definition) is 3. The van der Waals surface area contributed by atoms with Crippen LogP contribution in [0.3, 0.4) is 0 Å². The monoisotopic (exact) mass is 270 g/mol. The summed E-state index contributed by atoms with van der Waals surface area (Å²) in [6.45, 7) is 2.64. The van der Waals surface area contributed by atoms with E-state index in [-0.39, 0.29) is 6.04 Å². The van der Waals surface area contributed by atoms with Gasteiger partial charge >= 0.3 is 0 Å². The predicted octanol–water partition coefficient (Wildman–Crippen LogP) is 3.29. The summed E-state index contributed by atoms with van der Waals surface area (Å²) in [5, 5.41) is 3.87. The third-order valence-corrected chi connectivity index (χ3v) is 3.06. The average Bonchev–Trinajstić information content (AvgIpc) is 2.46. The first-order valence-electron chi connectivity index (χ1n) is 6.93. The van der Waals surface area contributed by atoms with Crippen molar-refractivity contribution in [1.29, 1.82) is 0 Å². The Labute approximate surface area is 121 Å². The van der Waals surface area contributed by atoms with E-state index in [9.17, 15) is 0 Å². The molecule has 0 bridgehead atoms. The van der Waals surface area contributed by atoms with Crippen LogP contribution in [0.1, 0.15) is 12.5 Å². The van der Waals surface area contributed by atoms with Gasteiger partial charge < -0.3 is 0 Å². The van der Waals surface area contributed by atoms with Gasteiger partial charge in [0, 0.05) is 14.1 Å². The first kappa shape index (κ1) is 14.7. The molecule has 0 amide bonds. The average molecular weight is 270 g/mol. The fourth-order valence-corrected chi connectivity index (χ4v) is 2.20. The molecule has 106 valence electrons. The van der Waals surface area contributed by atoms with Crippen LogP contribution in [0.5, 0.6) is 0 Å². The number of hydrazine groups is 1. The summed E-state index contributed by atoms with van der Waals surface area (Å²) in [5.41, 5.74) is 2.41. The zero-order valence-corrected chi connectivity index (χ0v) is 12.4. The van der Waals surface area contributed by atoms with E-state index in [1.165, 1.54) is 11.1 Å². The Hall–Kier alpha value is -1.68. The second-order valence-corrected chi connectivity index (χ2v) is 4.81. The van der Waals surface area contributed by atoms with Gasteiger partial charge in [0.2, 0.25) is 0 Å². The molecule has 0 spiro atoms. The summed E-state index contributed by atoms with van der Waals surface area (Å²) in [5.74, 6) is 0. The molecule has 0 heterocycles. The van der Waals surface area contributed by atoms with E-state index in [2.05, 4.69) is 54.6 Å². The molecule has 1 aliphatic carbocycles. The molecule has 1 unspecified atom stereocenters. The molecule has 0 fully saturated rings. The molecule has 0 saturated carbocycles. The molecule has 0 saturated heterocycles. The lowest BCUT2D eigenvalue weighted by molar-refractivity contribution is -0.274. The maximum absolute atomic E-state index is 5.74. The molecule has 0 radical (unpaired) electrons. The highest BCUT2D eigenvalue weighted by Gasteiger charge is 2.22. The third-order valence-electron chi connectivity index (χ3n) is 3.06. The normalized spacial score (nSPS) is 20.2. The zero-order chi connectivity index (χ0) is 14.4. The highest BCUT2D eigenvalue weighted by Crippen LogP contribution is 2.21. The Kier molecular flexibility index (Phi) is 5.30. The van der Waals surface area contributed by atoms with Gasteiger partial charge in [-0.2, -0.15) is 0 Å². The molecular weight excluding hydrogens is 248 g/mol. The molecule has 20 heavy (non-hydrogen) atoms. The minimum Gasteiger partial charge on any atom is -0.283 e. The van der Waals surface area contributed by atoms with Crippen LogP contribution in [0.2, 0.25) is 0 Å². The van der Waals surface area contributed by atoms with Gasteiger partial charge in [0.05, 0.1) is 12.6 Å². The van der Waals surface area contributed by atoms with Crippen molar-refractivity contribution in [2.45, 2.75) is 13.0 Å². The number of nitrogens with zero attached hydrogens (tertiary/aromatic N) is 2. The fourth-order valence-electron chi connectivity index (χ4n) is 2.20. The summed E-state index contributed by atoms with van der Waals surface area (Å²) in [6, 6.07) is 10.4. The summed E-state index contributed by atoms with van der Waals surface area (Å²) < 4.78 is 0. The van der Waals surface area contributed by atoms with Crippen LogP contribution < -0.4 is 0 Å². The Morgan fingerprint density at radius 2 is 1.90 bits per heavy atom. The second kappa shape index (κ2) is 7.20. The van der Waals surface area contributed by atoms with Crippen LogP contribution in [0, 0.1) is 0 Å². The molecule has 1 aliphatic rings. The third kappa shape index (κ3) is 3.67. The number of rotatable bonds is 5. The molecule has 3 heteroatoms. The quantitative estimate of drug-likeness (QED) is 0.764. The molecule has 1 aromatic rings. The van der Waals surface area contributed by atoms with E-state index in [1.807, 2.05) is 37.3 Å².